The van der Waals surface area contributed by atoms with Crippen LogP contribution in [-0.4, -0.2) is 41.3 Å². The van der Waals surface area contributed by atoms with E-state index in [1.54, 1.807) is 30.7 Å². The van der Waals surface area contributed by atoms with Crippen LogP contribution in [0.15, 0.2) is 49.1 Å². The van der Waals surface area contributed by atoms with Crippen LogP contribution in [0.1, 0.15) is 36.9 Å². The van der Waals surface area contributed by atoms with Gasteiger partial charge in [0.1, 0.15) is 16.3 Å². The Kier molecular flexibility index (Phi) is 6.65. The molecule has 38 heavy (non-hydrogen) atoms. The molecule has 1 saturated carbocycles. The lowest BCUT2D eigenvalue weighted by atomic mass is 9.72. The molecule has 1 aromatic carbocycles. The van der Waals surface area contributed by atoms with E-state index in [-0.39, 0.29) is 24.7 Å². The number of aromatic nitrogens is 5. The van der Waals surface area contributed by atoms with Gasteiger partial charge in [0, 0.05) is 29.8 Å². The second-order valence-corrected chi connectivity index (χ2v) is 10.4. The minimum atomic E-state index is -4.61. The predicted octanol–water partition coefficient (Wildman–Crippen LogP) is 5.46. The number of carbonyl (C=O) groups is 1. The highest BCUT2D eigenvalue weighted by molar-refractivity contribution is 7.15. The van der Waals surface area contributed by atoms with Gasteiger partial charge in [-0.15, -0.1) is 11.3 Å². The number of anilines is 2. The molecule has 1 aliphatic carbocycles. The molecule has 0 bridgehead atoms. The molecule has 0 radical (unpaired) electrons. The zero-order valence-electron chi connectivity index (χ0n) is 20.0. The van der Waals surface area contributed by atoms with Gasteiger partial charge >= 0.3 is 12.1 Å². The van der Waals surface area contributed by atoms with E-state index in [1.165, 1.54) is 11.3 Å². The molecule has 0 unspecified atom stereocenters. The molecule has 0 amide bonds. The smallest absolute Gasteiger partial charge is 0.433 e. The van der Waals surface area contributed by atoms with Crippen molar-refractivity contribution in [2.75, 3.05) is 5.32 Å². The summed E-state index contributed by atoms with van der Waals surface area (Å²) in [6.07, 6.45) is 2.29. The molecular formula is C25H23F3N6O3S. The van der Waals surface area contributed by atoms with E-state index >= 15 is 0 Å². The van der Waals surface area contributed by atoms with Crippen molar-refractivity contribution < 1.29 is 28.2 Å². The summed E-state index contributed by atoms with van der Waals surface area (Å²) in [6, 6.07) is 6.15. The van der Waals surface area contributed by atoms with E-state index in [9.17, 15) is 28.2 Å². The molecular weight excluding hydrogens is 521 g/mol. The highest BCUT2D eigenvalue weighted by atomic mass is 32.1. The number of hydrogen-bond acceptors (Lipinski definition) is 8. The number of aromatic amines is 1. The van der Waals surface area contributed by atoms with E-state index in [4.69, 9.17) is 0 Å². The summed E-state index contributed by atoms with van der Waals surface area (Å²) in [5.41, 5.74) is 0.344. The topological polar surface area (TPSA) is 137 Å². The summed E-state index contributed by atoms with van der Waals surface area (Å²) >= 11 is 1.29. The fourth-order valence-electron chi connectivity index (χ4n) is 4.76. The molecule has 3 heterocycles. The first kappa shape index (κ1) is 25.8. The van der Waals surface area contributed by atoms with Crippen LogP contribution in [0.25, 0.3) is 21.6 Å². The Hall–Kier alpha value is -3.84. The largest absolute Gasteiger partial charge is 0.481 e. The van der Waals surface area contributed by atoms with Crippen LogP contribution < -0.4 is 5.32 Å². The summed E-state index contributed by atoms with van der Waals surface area (Å²) < 4.78 is 39.4. The number of nitrogens with zero attached hydrogens (tertiary/aromatic N) is 4. The van der Waals surface area contributed by atoms with Crippen LogP contribution in [0.2, 0.25) is 0 Å². The van der Waals surface area contributed by atoms with Crippen molar-refractivity contribution in [2.24, 2.45) is 11.8 Å². The molecule has 4 aromatic rings. The van der Waals surface area contributed by atoms with E-state index in [2.05, 4.69) is 30.5 Å². The van der Waals surface area contributed by atoms with Crippen molar-refractivity contribution in [3.05, 3.63) is 59.8 Å². The number of hydrogen-bond donors (Lipinski definition) is 4. The Morgan fingerprint density at radius 2 is 1.97 bits per heavy atom. The summed E-state index contributed by atoms with van der Waals surface area (Å²) in [7, 11) is 0. The van der Waals surface area contributed by atoms with E-state index in [0.29, 0.717) is 22.7 Å². The molecule has 9 nitrogen and oxygen atoms in total. The number of thiazole rings is 1. The van der Waals surface area contributed by atoms with Crippen molar-refractivity contribution in [2.45, 2.75) is 38.0 Å². The van der Waals surface area contributed by atoms with E-state index in [0.717, 1.165) is 28.3 Å². The van der Waals surface area contributed by atoms with Crippen LogP contribution in [0.3, 0.4) is 0 Å². The van der Waals surface area contributed by atoms with Crippen LogP contribution in [0.4, 0.5) is 24.8 Å². The zero-order chi connectivity index (χ0) is 27.1. The maximum Gasteiger partial charge on any atom is 0.433 e. The fourth-order valence-corrected chi connectivity index (χ4v) is 5.79. The number of carboxylic acids is 1. The van der Waals surface area contributed by atoms with Crippen LogP contribution in [0, 0.1) is 11.8 Å². The zero-order valence-corrected chi connectivity index (χ0v) is 20.8. The molecule has 0 aliphatic heterocycles. The summed E-state index contributed by atoms with van der Waals surface area (Å²) in [6.45, 7) is 1.82. The van der Waals surface area contributed by atoms with Gasteiger partial charge in [-0.05, 0) is 60.6 Å². The third kappa shape index (κ3) is 5.24. The van der Waals surface area contributed by atoms with Gasteiger partial charge in [-0.2, -0.15) is 18.3 Å². The van der Waals surface area contributed by atoms with Gasteiger partial charge in [0.2, 0.25) is 5.95 Å². The fraction of sp³-hybridized carbons (Fsp3) is 0.320. The second-order valence-electron chi connectivity index (χ2n) is 9.40. The quantitative estimate of drug-likeness (QED) is 0.251. The van der Waals surface area contributed by atoms with Crippen molar-refractivity contribution in [3.8, 4) is 21.6 Å². The first-order valence-corrected chi connectivity index (χ1v) is 12.6. The third-order valence-corrected chi connectivity index (χ3v) is 7.93. The third-order valence-electron chi connectivity index (χ3n) is 6.69. The highest BCUT2D eigenvalue weighted by Gasteiger charge is 2.43. The Morgan fingerprint density at radius 1 is 1.18 bits per heavy atom. The molecule has 0 spiro atoms. The van der Waals surface area contributed by atoms with Crippen molar-refractivity contribution in [3.63, 3.8) is 0 Å². The predicted molar refractivity (Wildman–Crippen MR) is 133 cm³/mol. The van der Waals surface area contributed by atoms with Gasteiger partial charge in [0.25, 0.3) is 0 Å². The minimum Gasteiger partial charge on any atom is -0.481 e. The first-order valence-electron chi connectivity index (χ1n) is 11.8. The van der Waals surface area contributed by atoms with Crippen molar-refractivity contribution in [1.82, 2.24) is 25.1 Å². The molecule has 3 aromatic heterocycles. The van der Waals surface area contributed by atoms with E-state index < -0.39 is 29.4 Å². The van der Waals surface area contributed by atoms with Crippen LogP contribution in [0.5, 0.6) is 0 Å². The summed E-state index contributed by atoms with van der Waals surface area (Å²) in [5, 5.41) is 30.8. The van der Waals surface area contributed by atoms with Crippen LogP contribution >= 0.6 is 11.3 Å². The van der Waals surface area contributed by atoms with Gasteiger partial charge in [0.05, 0.1) is 17.0 Å². The van der Waals surface area contributed by atoms with Crippen molar-refractivity contribution in [1.29, 1.82) is 0 Å². The lowest BCUT2D eigenvalue weighted by Gasteiger charge is -2.37. The standard InChI is InChI=1S/C25H23F3N6O3S/c1-13-9-24(37,4-2-18(13)21(35)36)22-30-12-19(38-22)15-6-14(16-10-31-32-11-16)7-17(8-15)33-23-29-5-3-20(34-23)25(26,27)28/h3,5-8,10-13,18,37H,2,4,9H2,1H3,(H,31,32)(H,35,36)(H,29,33,34)/t13-,18+,24-/m1/s1. The normalized spacial score (nSPS) is 21.8. The number of H-pyrrole nitrogens is 1. The number of rotatable bonds is 6. The lowest BCUT2D eigenvalue weighted by molar-refractivity contribution is -0.148. The maximum atomic E-state index is 13.1. The van der Waals surface area contributed by atoms with E-state index in [1.807, 2.05) is 13.0 Å². The number of nitrogens with one attached hydrogen (secondary N) is 2. The molecule has 13 heteroatoms. The minimum absolute atomic E-state index is 0.210. The Morgan fingerprint density at radius 3 is 2.66 bits per heavy atom. The number of halogens is 3. The summed E-state index contributed by atoms with van der Waals surface area (Å²) in [5.74, 6) is -1.79. The molecule has 5 rings (SSSR count). The number of alkyl halides is 3. The molecule has 198 valence electrons. The van der Waals surface area contributed by atoms with Crippen LogP contribution in [-0.2, 0) is 16.6 Å². The molecule has 1 aliphatic rings. The Balaban J connectivity index is 1.48. The lowest BCUT2D eigenvalue weighted by Crippen LogP contribution is -2.38. The monoisotopic (exact) mass is 544 g/mol. The average molecular weight is 545 g/mol. The van der Waals surface area contributed by atoms with Gasteiger partial charge in [0.15, 0.2) is 0 Å². The number of carboxylic acid groups (broad SMARTS) is 1. The van der Waals surface area contributed by atoms with Crippen molar-refractivity contribution >= 4 is 28.9 Å². The Labute approximate surface area is 218 Å². The SMILES string of the molecule is C[C@@H]1C[C@@](O)(c2ncc(-c3cc(Nc4nccc(C(F)(F)F)n4)cc(-c4cn[nH]c4)c3)s2)CC[C@@H]1C(=O)O. The second kappa shape index (κ2) is 9.80. The maximum absolute atomic E-state index is 13.1. The highest BCUT2D eigenvalue weighted by Crippen LogP contribution is 2.45. The molecule has 4 N–H and O–H groups in total. The number of aliphatic carboxylic acids is 1. The molecule has 0 saturated heterocycles. The van der Waals surface area contributed by atoms with Gasteiger partial charge in [-0.1, -0.05) is 6.92 Å². The molecule has 3 atom stereocenters. The molecule has 1 fully saturated rings. The first-order chi connectivity index (χ1) is 18.0. The summed E-state index contributed by atoms with van der Waals surface area (Å²) in [4.78, 5) is 24.2. The van der Waals surface area contributed by atoms with Gasteiger partial charge in [-0.25, -0.2) is 15.0 Å². The Bertz CT molecular complexity index is 1460. The number of aliphatic hydroxyl groups is 1. The number of benzene rings is 1. The average Bonchev–Trinajstić information content (AvgIpc) is 3.56. The van der Waals surface area contributed by atoms with Gasteiger partial charge < -0.3 is 15.5 Å². The van der Waals surface area contributed by atoms with Gasteiger partial charge in [-0.3, -0.25) is 9.89 Å².